The Bertz CT molecular complexity index is 335. The van der Waals surface area contributed by atoms with Gasteiger partial charge in [-0.05, 0) is 44.0 Å². The van der Waals surface area contributed by atoms with Crippen LogP contribution in [-0.4, -0.2) is 29.5 Å². The van der Waals surface area contributed by atoms with Crippen LogP contribution in [0.3, 0.4) is 0 Å². The molecule has 1 aromatic rings. The lowest BCUT2D eigenvalue weighted by Gasteiger charge is -2.35. The molecular formula is C15H27N3. The maximum atomic E-state index is 5.85. The van der Waals surface area contributed by atoms with Crippen LogP contribution in [0, 0.1) is 5.41 Å². The third-order valence-electron chi connectivity index (χ3n) is 3.36. The summed E-state index contributed by atoms with van der Waals surface area (Å²) in [6.45, 7) is 11.7. The fraction of sp³-hybridized carbons (Fsp3) is 0.667. The zero-order valence-corrected chi connectivity index (χ0v) is 12.2. The van der Waals surface area contributed by atoms with E-state index in [1.54, 1.807) is 0 Å². The van der Waals surface area contributed by atoms with Crippen LogP contribution >= 0.6 is 0 Å². The van der Waals surface area contributed by atoms with Crippen molar-refractivity contribution in [3.8, 4) is 0 Å². The second-order valence-corrected chi connectivity index (χ2v) is 5.77. The Morgan fingerprint density at radius 3 is 2.61 bits per heavy atom. The largest absolute Gasteiger partial charge is 0.330 e. The molecule has 18 heavy (non-hydrogen) atoms. The minimum atomic E-state index is 0.151. The van der Waals surface area contributed by atoms with Gasteiger partial charge >= 0.3 is 0 Å². The second-order valence-electron chi connectivity index (χ2n) is 5.77. The van der Waals surface area contributed by atoms with Crippen LogP contribution in [0.25, 0.3) is 0 Å². The highest BCUT2D eigenvalue weighted by Crippen LogP contribution is 2.23. The van der Waals surface area contributed by atoms with Crippen molar-refractivity contribution in [2.24, 2.45) is 11.1 Å². The molecule has 1 rings (SSSR count). The van der Waals surface area contributed by atoms with Crippen molar-refractivity contribution in [3.63, 3.8) is 0 Å². The van der Waals surface area contributed by atoms with Crippen LogP contribution in [0.2, 0.25) is 0 Å². The van der Waals surface area contributed by atoms with Crippen molar-refractivity contribution in [1.82, 2.24) is 9.88 Å². The molecule has 102 valence electrons. The monoisotopic (exact) mass is 249 g/mol. The van der Waals surface area contributed by atoms with E-state index < -0.39 is 0 Å². The van der Waals surface area contributed by atoms with Gasteiger partial charge in [-0.2, -0.15) is 0 Å². The van der Waals surface area contributed by atoms with Gasteiger partial charge in [0.2, 0.25) is 0 Å². The number of aromatic nitrogens is 1. The van der Waals surface area contributed by atoms with E-state index >= 15 is 0 Å². The minimum Gasteiger partial charge on any atom is -0.330 e. The van der Waals surface area contributed by atoms with Crippen molar-refractivity contribution >= 4 is 0 Å². The van der Waals surface area contributed by atoms with Gasteiger partial charge in [0.1, 0.15) is 0 Å². The summed E-state index contributed by atoms with van der Waals surface area (Å²) in [6.07, 6.45) is 3.02. The first-order chi connectivity index (χ1) is 8.50. The Labute approximate surface area is 111 Å². The Morgan fingerprint density at radius 1 is 1.39 bits per heavy atom. The van der Waals surface area contributed by atoms with Gasteiger partial charge in [-0.3, -0.25) is 9.88 Å². The molecule has 0 aliphatic rings. The SMILES string of the molecule is CCCN(CC(C)(C)CN)C(C)c1ccccn1. The molecule has 0 fully saturated rings. The first kappa shape index (κ1) is 15.1. The van der Waals surface area contributed by atoms with E-state index in [-0.39, 0.29) is 5.41 Å². The van der Waals surface area contributed by atoms with Crippen LogP contribution in [0.5, 0.6) is 0 Å². The first-order valence-corrected chi connectivity index (χ1v) is 6.85. The van der Waals surface area contributed by atoms with Gasteiger partial charge in [0, 0.05) is 18.8 Å². The van der Waals surface area contributed by atoms with E-state index in [1.165, 1.54) is 0 Å². The molecule has 0 aliphatic heterocycles. The lowest BCUT2D eigenvalue weighted by atomic mass is 9.92. The summed E-state index contributed by atoms with van der Waals surface area (Å²) in [6, 6.07) is 6.46. The third-order valence-corrected chi connectivity index (χ3v) is 3.36. The highest BCUT2D eigenvalue weighted by molar-refractivity contribution is 5.08. The molecule has 2 N–H and O–H groups in total. The number of rotatable bonds is 7. The van der Waals surface area contributed by atoms with Gasteiger partial charge in [-0.15, -0.1) is 0 Å². The van der Waals surface area contributed by atoms with Gasteiger partial charge in [0.15, 0.2) is 0 Å². The maximum Gasteiger partial charge on any atom is 0.0572 e. The van der Waals surface area contributed by atoms with Crippen LogP contribution in [0.1, 0.15) is 45.9 Å². The van der Waals surface area contributed by atoms with Gasteiger partial charge in [0.05, 0.1) is 5.69 Å². The number of nitrogens with two attached hydrogens (primary N) is 1. The molecule has 1 unspecified atom stereocenters. The van der Waals surface area contributed by atoms with Gasteiger partial charge in [-0.1, -0.05) is 26.8 Å². The lowest BCUT2D eigenvalue weighted by molar-refractivity contribution is 0.138. The molecule has 0 bridgehead atoms. The molecule has 3 nitrogen and oxygen atoms in total. The zero-order chi connectivity index (χ0) is 13.6. The second kappa shape index (κ2) is 6.86. The van der Waals surface area contributed by atoms with E-state index in [0.29, 0.717) is 12.6 Å². The lowest BCUT2D eigenvalue weighted by Crippen LogP contribution is -2.40. The minimum absolute atomic E-state index is 0.151. The van der Waals surface area contributed by atoms with Gasteiger partial charge in [0.25, 0.3) is 0 Å². The van der Waals surface area contributed by atoms with Crippen molar-refractivity contribution in [2.75, 3.05) is 19.6 Å². The molecule has 1 aromatic heterocycles. The van der Waals surface area contributed by atoms with Crippen molar-refractivity contribution in [1.29, 1.82) is 0 Å². The smallest absolute Gasteiger partial charge is 0.0572 e. The molecule has 0 radical (unpaired) electrons. The van der Waals surface area contributed by atoms with E-state index in [1.807, 2.05) is 12.3 Å². The van der Waals surface area contributed by atoms with Crippen LogP contribution in [0.15, 0.2) is 24.4 Å². The molecule has 1 atom stereocenters. The quantitative estimate of drug-likeness (QED) is 0.808. The molecule has 0 aliphatic carbocycles. The van der Waals surface area contributed by atoms with Crippen molar-refractivity contribution in [3.05, 3.63) is 30.1 Å². The summed E-state index contributed by atoms with van der Waals surface area (Å²) in [5, 5.41) is 0. The molecular weight excluding hydrogens is 222 g/mol. The number of pyridine rings is 1. The summed E-state index contributed by atoms with van der Waals surface area (Å²) < 4.78 is 0. The Kier molecular flexibility index (Phi) is 5.76. The number of hydrogen-bond acceptors (Lipinski definition) is 3. The Morgan fingerprint density at radius 2 is 2.11 bits per heavy atom. The summed E-state index contributed by atoms with van der Waals surface area (Å²) in [5.74, 6) is 0. The number of hydrogen-bond donors (Lipinski definition) is 1. The molecule has 0 spiro atoms. The van der Waals surface area contributed by atoms with E-state index in [4.69, 9.17) is 5.73 Å². The van der Waals surface area contributed by atoms with Gasteiger partial charge in [-0.25, -0.2) is 0 Å². The molecule has 1 heterocycles. The average Bonchev–Trinajstić information content (AvgIpc) is 2.38. The normalized spacial score (nSPS) is 13.9. The fourth-order valence-corrected chi connectivity index (χ4v) is 2.12. The van der Waals surface area contributed by atoms with Gasteiger partial charge < -0.3 is 5.73 Å². The van der Waals surface area contributed by atoms with Crippen LogP contribution in [0.4, 0.5) is 0 Å². The molecule has 0 saturated carbocycles. The van der Waals surface area contributed by atoms with Crippen molar-refractivity contribution in [2.45, 2.75) is 40.2 Å². The molecule has 3 heteroatoms. The predicted octanol–water partition coefficient (Wildman–Crippen LogP) is 2.84. The van der Waals surface area contributed by atoms with Crippen molar-refractivity contribution < 1.29 is 0 Å². The van der Waals surface area contributed by atoms with E-state index in [9.17, 15) is 0 Å². The van der Waals surface area contributed by atoms with E-state index in [2.05, 4.69) is 49.7 Å². The Hall–Kier alpha value is -0.930. The molecule has 0 amide bonds. The van der Waals surface area contributed by atoms with Crippen LogP contribution < -0.4 is 5.73 Å². The Balaban J connectivity index is 2.78. The number of nitrogens with zero attached hydrogens (tertiary/aromatic N) is 2. The third kappa shape index (κ3) is 4.39. The summed E-state index contributed by atoms with van der Waals surface area (Å²) in [7, 11) is 0. The highest BCUT2D eigenvalue weighted by atomic mass is 15.2. The predicted molar refractivity (Wildman–Crippen MR) is 77.4 cm³/mol. The maximum absolute atomic E-state index is 5.85. The standard InChI is InChI=1S/C15H27N3/c1-5-10-18(12-15(3,4)11-16)13(2)14-8-6-7-9-17-14/h6-9,13H,5,10-12,16H2,1-4H3. The molecule has 0 aromatic carbocycles. The topological polar surface area (TPSA) is 42.1 Å². The summed E-state index contributed by atoms with van der Waals surface area (Å²) in [5.41, 5.74) is 7.14. The molecule has 0 saturated heterocycles. The zero-order valence-electron chi connectivity index (χ0n) is 12.2. The summed E-state index contributed by atoms with van der Waals surface area (Å²) >= 11 is 0. The highest BCUT2D eigenvalue weighted by Gasteiger charge is 2.24. The summed E-state index contributed by atoms with van der Waals surface area (Å²) in [4.78, 5) is 6.95. The first-order valence-electron chi connectivity index (χ1n) is 6.85. The average molecular weight is 249 g/mol. The van der Waals surface area contributed by atoms with Crippen LogP contribution in [-0.2, 0) is 0 Å². The van der Waals surface area contributed by atoms with E-state index in [0.717, 1.165) is 25.2 Å². The fourth-order valence-electron chi connectivity index (χ4n) is 2.12.